The molecule has 0 saturated carbocycles. The van der Waals surface area contributed by atoms with Crippen LogP contribution in [0.4, 0.5) is 4.39 Å². The summed E-state index contributed by atoms with van der Waals surface area (Å²) in [6, 6.07) is 18.0. The Kier molecular flexibility index (Phi) is 4.97. The molecule has 2 aromatic heterocycles. The maximum atomic E-state index is 13.6. The molecule has 0 amide bonds. The fraction of sp³-hybridized carbons (Fsp3) is 0.0952. The molecule has 0 unspecified atom stereocenters. The number of nitrogens with zero attached hydrogens (tertiary/aromatic N) is 4. The molecule has 28 heavy (non-hydrogen) atoms. The molecule has 0 atom stereocenters. The molecule has 6 nitrogen and oxygen atoms in total. The number of tetrazole rings is 1. The number of rotatable bonds is 7. The third-order valence-corrected chi connectivity index (χ3v) is 4.33. The maximum Gasteiger partial charge on any atom is 0.188 e. The Morgan fingerprint density at radius 2 is 1.89 bits per heavy atom. The first kappa shape index (κ1) is 17.7. The van der Waals surface area contributed by atoms with E-state index < -0.39 is 0 Å². The van der Waals surface area contributed by atoms with Crippen molar-refractivity contribution < 1.29 is 9.13 Å². The first-order chi connectivity index (χ1) is 13.7. The summed E-state index contributed by atoms with van der Waals surface area (Å²) in [5.74, 6) is 0.421. The second-order valence-electron chi connectivity index (χ2n) is 6.23. The predicted octanol–water partition coefficient (Wildman–Crippen LogP) is 3.60. The molecule has 0 aliphatic heterocycles. The summed E-state index contributed by atoms with van der Waals surface area (Å²) in [7, 11) is 0. The molecule has 0 aliphatic carbocycles. The van der Waals surface area contributed by atoms with Crippen molar-refractivity contribution in [3.05, 3.63) is 95.9 Å². The highest BCUT2D eigenvalue weighted by Crippen LogP contribution is 2.17. The van der Waals surface area contributed by atoms with Crippen molar-refractivity contribution in [2.24, 2.45) is 0 Å². The van der Waals surface area contributed by atoms with E-state index >= 15 is 0 Å². The van der Waals surface area contributed by atoms with Crippen molar-refractivity contribution in [1.82, 2.24) is 25.4 Å². The second kappa shape index (κ2) is 7.87. The summed E-state index contributed by atoms with van der Waals surface area (Å²) in [5, 5.41) is 14.9. The highest BCUT2D eigenvalue weighted by Gasteiger charge is 2.08. The lowest BCUT2D eigenvalue weighted by atomic mass is 10.2. The summed E-state index contributed by atoms with van der Waals surface area (Å²) in [4.78, 5) is 0. The Morgan fingerprint density at radius 1 is 1.07 bits per heavy atom. The highest BCUT2D eigenvalue weighted by molar-refractivity contribution is 5.72. The van der Waals surface area contributed by atoms with Gasteiger partial charge in [-0.3, -0.25) is 0 Å². The van der Waals surface area contributed by atoms with Crippen LogP contribution in [0.1, 0.15) is 16.7 Å². The summed E-state index contributed by atoms with van der Waals surface area (Å²) in [5.41, 5.74) is 3.82. The van der Waals surface area contributed by atoms with Gasteiger partial charge in [-0.2, -0.15) is 4.52 Å². The molecular formula is C21H18FN5O. The molecule has 1 N–H and O–H groups in total. The van der Waals surface area contributed by atoms with Crippen molar-refractivity contribution in [3.63, 3.8) is 0 Å². The fourth-order valence-corrected chi connectivity index (χ4v) is 2.79. The number of ether oxygens (including phenoxy) is 1. The van der Waals surface area contributed by atoms with E-state index in [0.717, 1.165) is 16.8 Å². The number of benzene rings is 2. The average Bonchev–Trinajstić information content (AvgIpc) is 3.21. The van der Waals surface area contributed by atoms with Gasteiger partial charge in [0.2, 0.25) is 0 Å². The van der Waals surface area contributed by atoms with Crippen LogP contribution in [0.3, 0.4) is 0 Å². The fourth-order valence-electron chi connectivity index (χ4n) is 2.79. The lowest BCUT2D eigenvalue weighted by molar-refractivity contribution is 0.300. The van der Waals surface area contributed by atoms with Crippen LogP contribution < -0.4 is 10.1 Å². The molecule has 0 aliphatic rings. The summed E-state index contributed by atoms with van der Waals surface area (Å²) < 4.78 is 20.9. The summed E-state index contributed by atoms with van der Waals surface area (Å²) in [6.45, 7) is 4.86. The van der Waals surface area contributed by atoms with E-state index in [-0.39, 0.29) is 12.4 Å². The molecule has 4 aromatic rings. The Labute approximate surface area is 161 Å². The van der Waals surface area contributed by atoms with E-state index in [0.29, 0.717) is 23.5 Å². The molecule has 0 fully saturated rings. The molecule has 140 valence electrons. The average molecular weight is 375 g/mol. The molecular weight excluding hydrogens is 357 g/mol. The predicted molar refractivity (Wildman–Crippen MR) is 104 cm³/mol. The number of nitrogens with one attached hydrogen (secondary N) is 1. The number of pyridine rings is 1. The van der Waals surface area contributed by atoms with E-state index in [4.69, 9.17) is 4.74 Å². The zero-order valence-electron chi connectivity index (χ0n) is 15.0. The smallest absolute Gasteiger partial charge is 0.188 e. The lowest BCUT2D eigenvalue weighted by Gasteiger charge is -2.11. The Balaban J connectivity index is 1.35. The van der Waals surface area contributed by atoms with Crippen LogP contribution in [0.5, 0.6) is 5.75 Å². The van der Waals surface area contributed by atoms with Crippen molar-refractivity contribution in [2.75, 3.05) is 0 Å². The molecule has 4 rings (SSSR count). The quantitative estimate of drug-likeness (QED) is 0.535. The minimum atomic E-state index is -0.264. The third kappa shape index (κ3) is 3.83. The maximum absolute atomic E-state index is 13.6. The molecule has 0 bridgehead atoms. The minimum Gasteiger partial charge on any atom is -0.489 e. The monoisotopic (exact) mass is 375 g/mol. The van der Waals surface area contributed by atoms with Gasteiger partial charge in [-0.15, -0.1) is 5.10 Å². The van der Waals surface area contributed by atoms with Gasteiger partial charge >= 0.3 is 0 Å². The molecule has 0 saturated heterocycles. The number of aromatic nitrogens is 4. The normalized spacial score (nSPS) is 10.8. The van der Waals surface area contributed by atoms with E-state index in [2.05, 4.69) is 27.4 Å². The zero-order valence-corrected chi connectivity index (χ0v) is 15.0. The molecule has 0 spiro atoms. The standard InChI is InChI=1S/C21H18FN5O/c1-15(19-6-4-12-27-21(19)24-25-26-27)23-13-16-8-10-18(11-9-16)28-14-17-5-2-3-7-20(17)22/h2-12,23H,1,13-14H2. The first-order valence-electron chi connectivity index (χ1n) is 8.76. The van der Waals surface area contributed by atoms with Crippen LogP contribution in [0.15, 0.2) is 73.4 Å². The number of hydrogen-bond donors (Lipinski definition) is 1. The van der Waals surface area contributed by atoms with E-state index in [1.54, 1.807) is 28.9 Å². The van der Waals surface area contributed by atoms with Gasteiger partial charge in [0.25, 0.3) is 0 Å². The number of halogens is 1. The SMILES string of the molecule is C=C(NCc1ccc(OCc2ccccc2F)cc1)c1cccn2nnnc12. The first-order valence-corrected chi connectivity index (χ1v) is 8.76. The molecule has 2 aromatic carbocycles. The van der Waals surface area contributed by atoms with Crippen LogP contribution in [0.25, 0.3) is 11.3 Å². The van der Waals surface area contributed by atoms with Gasteiger partial charge in [0.05, 0.1) is 0 Å². The summed E-state index contributed by atoms with van der Waals surface area (Å²) in [6.07, 6.45) is 1.78. The van der Waals surface area contributed by atoms with Crippen LogP contribution in [-0.2, 0) is 13.2 Å². The van der Waals surface area contributed by atoms with Crippen LogP contribution in [-0.4, -0.2) is 20.0 Å². The van der Waals surface area contributed by atoms with Gasteiger partial charge in [-0.1, -0.05) is 36.9 Å². The van der Waals surface area contributed by atoms with Crippen LogP contribution in [0, 0.1) is 5.82 Å². The Morgan fingerprint density at radius 3 is 2.71 bits per heavy atom. The van der Waals surface area contributed by atoms with Crippen LogP contribution >= 0.6 is 0 Å². The van der Waals surface area contributed by atoms with E-state index in [9.17, 15) is 4.39 Å². The van der Waals surface area contributed by atoms with Crippen molar-refractivity contribution in [2.45, 2.75) is 13.2 Å². The second-order valence-corrected chi connectivity index (χ2v) is 6.23. The number of fused-ring (bicyclic) bond motifs is 1. The highest BCUT2D eigenvalue weighted by atomic mass is 19.1. The zero-order chi connectivity index (χ0) is 19.3. The van der Waals surface area contributed by atoms with Gasteiger partial charge in [-0.05, 0) is 46.3 Å². The van der Waals surface area contributed by atoms with Gasteiger partial charge < -0.3 is 10.1 Å². The van der Waals surface area contributed by atoms with Crippen LogP contribution in [0.2, 0.25) is 0 Å². The molecule has 0 radical (unpaired) electrons. The summed E-state index contributed by atoms with van der Waals surface area (Å²) >= 11 is 0. The van der Waals surface area contributed by atoms with Crippen molar-refractivity contribution in [1.29, 1.82) is 0 Å². The van der Waals surface area contributed by atoms with Gasteiger partial charge in [0.1, 0.15) is 18.2 Å². The number of hydrogen-bond acceptors (Lipinski definition) is 5. The van der Waals surface area contributed by atoms with E-state index in [1.807, 2.05) is 36.4 Å². The Bertz CT molecular complexity index is 1110. The lowest BCUT2D eigenvalue weighted by Crippen LogP contribution is -2.11. The van der Waals surface area contributed by atoms with Crippen molar-refractivity contribution in [3.8, 4) is 5.75 Å². The van der Waals surface area contributed by atoms with Gasteiger partial charge in [-0.25, -0.2) is 4.39 Å². The van der Waals surface area contributed by atoms with Gasteiger partial charge in [0.15, 0.2) is 5.65 Å². The van der Waals surface area contributed by atoms with Crippen molar-refractivity contribution >= 4 is 11.3 Å². The molecule has 2 heterocycles. The topological polar surface area (TPSA) is 64.3 Å². The third-order valence-electron chi connectivity index (χ3n) is 4.33. The minimum absolute atomic E-state index is 0.192. The molecule has 7 heteroatoms. The largest absolute Gasteiger partial charge is 0.489 e. The Hall–Kier alpha value is -3.74. The van der Waals surface area contributed by atoms with Gasteiger partial charge in [0, 0.05) is 29.6 Å². The van der Waals surface area contributed by atoms with E-state index in [1.165, 1.54) is 6.07 Å².